The van der Waals surface area contributed by atoms with Gasteiger partial charge in [0, 0.05) is 11.3 Å². The number of anilines is 1. The van der Waals surface area contributed by atoms with Gasteiger partial charge in [-0.25, -0.2) is 0 Å². The van der Waals surface area contributed by atoms with Crippen molar-refractivity contribution in [1.29, 1.82) is 0 Å². The molecule has 1 N–H and O–H groups in total. The molecule has 31 heavy (non-hydrogen) atoms. The molecule has 2 aromatic rings. The average Bonchev–Trinajstić information content (AvgIpc) is 2.64. The Morgan fingerprint density at radius 2 is 1.77 bits per heavy atom. The second-order valence-corrected chi connectivity index (χ2v) is 10.1. The Hall–Kier alpha value is -2.10. The molecule has 1 saturated heterocycles. The molecule has 3 heteroatoms. The highest BCUT2D eigenvalue weighted by molar-refractivity contribution is 5.72. The van der Waals surface area contributed by atoms with E-state index in [1.807, 2.05) is 0 Å². The molecule has 2 aromatic carbocycles. The van der Waals surface area contributed by atoms with Crippen molar-refractivity contribution in [1.82, 2.24) is 0 Å². The van der Waals surface area contributed by atoms with Crippen molar-refractivity contribution < 1.29 is 9.47 Å². The number of fused-ring (bicyclic) bond motifs is 1. The molecule has 0 aromatic heterocycles. The van der Waals surface area contributed by atoms with E-state index in [1.165, 1.54) is 33.5 Å². The molecular formula is C28H37NO2. The Morgan fingerprint density at radius 1 is 1.06 bits per heavy atom. The van der Waals surface area contributed by atoms with E-state index >= 15 is 0 Å². The van der Waals surface area contributed by atoms with Crippen molar-refractivity contribution >= 4 is 11.8 Å². The molecule has 1 fully saturated rings. The highest BCUT2D eigenvalue weighted by atomic mass is 16.7. The van der Waals surface area contributed by atoms with Crippen LogP contribution in [0.2, 0.25) is 0 Å². The Morgan fingerprint density at radius 3 is 2.45 bits per heavy atom. The predicted octanol–water partition coefficient (Wildman–Crippen LogP) is 7.07. The topological polar surface area (TPSA) is 30.5 Å². The Balaban J connectivity index is 1.74. The van der Waals surface area contributed by atoms with Gasteiger partial charge in [0.05, 0.1) is 18.2 Å². The van der Waals surface area contributed by atoms with Gasteiger partial charge in [0.25, 0.3) is 0 Å². The van der Waals surface area contributed by atoms with E-state index < -0.39 is 5.79 Å². The minimum absolute atomic E-state index is 0.0759. The van der Waals surface area contributed by atoms with Crippen LogP contribution >= 0.6 is 0 Å². The van der Waals surface area contributed by atoms with Gasteiger partial charge in [-0.1, -0.05) is 55.8 Å². The van der Waals surface area contributed by atoms with Crippen molar-refractivity contribution in [2.45, 2.75) is 85.3 Å². The molecule has 3 unspecified atom stereocenters. The second kappa shape index (κ2) is 8.44. The summed E-state index contributed by atoms with van der Waals surface area (Å²) in [6.45, 7) is 15.3. The molecule has 0 spiro atoms. The zero-order valence-electron chi connectivity index (χ0n) is 20.1. The van der Waals surface area contributed by atoms with Gasteiger partial charge in [-0.3, -0.25) is 0 Å². The average molecular weight is 420 g/mol. The minimum atomic E-state index is -0.751. The molecule has 3 atom stereocenters. The summed E-state index contributed by atoms with van der Waals surface area (Å²) in [5.74, 6) is -0.108. The standard InChI is InChI=1S/C28H37NO2/c1-17(2)12-22-8-9-23-10-11-25(29-26(23)16-22)24-14-18(3)13-19(4)27(24)28(7)30-20(5)15-21(6)31-28/h8-11,13-14,16-17,20-21,25,29H,12,15H2,1-7H3. The van der Waals surface area contributed by atoms with Crippen LogP contribution in [0.5, 0.6) is 0 Å². The molecule has 3 nitrogen and oxygen atoms in total. The van der Waals surface area contributed by atoms with Crippen LogP contribution in [0.15, 0.2) is 36.4 Å². The first-order valence-electron chi connectivity index (χ1n) is 11.7. The lowest BCUT2D eigenvalue weighted by molar-refractivity contribution is -0.311. The maximum atomic E-state index is 6.44. The van der Waals surface area contributed by atoms with Crippen molar-refractivity contribution in [3.63, 3.8) is 0 Å². The van der Waals surface area contributed by atoms with Crippen molar-refractivity contribution in [3.05, 3.63) is 69.8 Å². The van der Waals surface area contributed by atoms with Crippen LogP contribution in [-0.2, 0) is 21.7 Å². The van der Waals surface area contributed by atoms with E-state index in [-0.39, 0.29) is 18.2 Å². The van der Waals surface area contributed by atoms with Crippen LogP contribution in [0.3, 0.4) is 0 Å². The van der Waals surface area contributed by atoms with Gasteiger partial charge >= 0.3 is 0 Å². The smallest absolute Gasteiger partial charge is 0.193 e. The third-order valence-electron chi connectivity index (χ3n) is 6.36. The largest absolute Gasteiger partial charge is 0.374 e. The van der Waals surface area contributed by atoms with E-state index in [4.69, 9.17) is 9.47 Å². The molecule has 2 aliphatic heterocycles. The number of ether oxygens (including phenoxy) is 2. The van der Waals surface area contributed by atoms with Gasteiger partial charge in [0.15, 0.2) is 5.79 Å². The number of nitrogens with one attached hydrogen (secondary N) is 1. The fourth-order valence-corrected chi connectivity index (χ4v) is 5.41. The summed E-state index contributed by atoms with van der Waals surface area (Å²) < 4.78 is 12.9. The van der Waals surface area contributed by atoms with Crippen molar-refractivity contribution in [2.75, 3.05) is 5.32 Å². The van der Waals surface area contributed by atoms with E-state index in [2.05, 4.69) is 96.3 Å². The van der Waals surface area contributed by atoms with Crippen LogP contribution in [0.4, 0.5) is 5.69 Å². The number of aryl methyl sites for hydroxylation is 2. The van der Waals surface area contributed by atoms with Gasteiger partial charge in [-0.2, -0.15) is 0 Å². The lowest BCUT2D eigenvalue weighted by Gasteiger charge is -2.43. The van der Waals surface area contributed by atoms with Gasteiger partial charge in [0.1, 0.15) is 0 Å². The summed E-state index contributed by atoms with van der Waals surface area (Å²) in [4.78, 5) is 0. The zero-order chi connectivity index (χ0) is 22.3. The van der Waals surface area contributed by atoms with Crippen LogP contribution in [0.1, 0.15) is 80.5 Å². The third kappa shape index (κ3) is 4.58. The lowest BCUT2D eigenvalue weighted by Crippen LogP contribution is -2.44. The summed E-state index contributed by atoms with van der Waals surface area (Å²) >= 11 is 0. The van der Waals surface area contributed by atoms with E-state index in [0.717, 1.165) is 18.4 Å². The molecule has 0 bridgehead atoms. The maximum absolute atomic E-state index is 6.44. The molecule has 2 aliphatic rings. The molecule has 166 valence electrons. The quantitative estimate of drug-likeness (QED) is 0.575. The summed E-state index contributed by atoms with van der Waals surface area (Å²) in [6, 6.07) is 11.4. The molecule has 0 amide bonds. The summed E-state index contributed by atoms with van der Waals surface area (Å²) in [6.07, 6.45) is 6.85. The summed E-state index contributed by atoms with van der Waals surface area (Å²) in [5.41, 5.74) is 8.68. The Labute approximate surface area is 187 Å². The highest BCUT2D eigenvalue weighted by Crippen LogP contribution is 2.43. The Kier molecular flexibility index (Phi) is 6.02. The van der Waals surface area contributed by atoms with E-state index in [9.17, 15) is 0 Å². The van der Waals surface area contributed by atoms with Gasteiger partial charge in [-0.05, 0) is 81.7 Å². The van der Waals surface area contributed by atoms with E-state index in [1.54, 1.807) is 0 Å². The first-order valence-corrected chi connectivity index (χ1v) is 11.7. The van der Waals surface area contributed by atoms with Crippen LogP contribution in [-0.4, -0.2) is 12.2 Å². The fourth-order valence-electron chi connectivity index (χ4n) is 5.41. The first-order chi connectivity index (χ1) is 14.6. The first kappa shape index (κ1) is 22.1. The molecule has 0 radical (unpaired) electrons. The SMILES string of the molecule is Cc1cc(C)c(C2(C)OC(C)CC(C)O2)c(C2C=Cc3ccc(CC(C)C)cc3N2)c1. The number of hydrogen-bond donors (Lipinski definition) is 1. The molecule has 0 saturated carbocycles. The fraction of sp³-hybridized carbons (Fsp3) is 0.500. The van der Waals surface area contributed by atoms with Gasteiger partial charge in [0.2, 0.25) is 0 Å². The Bertz CT molecular complexity index is 981. The molecule has 2 heterocycles. The number of rotatable bonds is 4. The zero-order valence-corrected chi connectivity index (χ0v) is 20.1. The molecule has 4 rings (SSSR count). The van der Waals surface area contributed by atoms with Crippen LogP contribution in [0, 0.1) is 19.8 Å². The molecule has 0 aliphatic carbocycles. The summed E-state index contributed by atoms with van der Waals surface area (Å²) in [7, 11) is 0. The predicted molar refractivity (Wildman–Crippen MR) is 129 cm³/mol. The second-order valence-electron chi connectivity index (χ2n) is 10.1. The molecular weight excluding hydrogens is 382 g/mol. The van der Waals surface area contributed by atoms with Gasteiger partial charge in [-0.15, -0.1) is 0 Å². The van der Waals surface area contributed by atoms with Gasteiger partial charge < -0.3 is 14.8 Å². The van der Waals surface area contributed by atoms with Crippen molar-refractivity contribution in [2.24, 2.45) is 5.92 Å². The monoisotopic (exact) mass is 419 g/mol. The van der Waals surface area contributed by atoms with E-state index in [0.29, 0.717) is 5.92 Å². The highest BCUT2D eigenvalue weighted by Gasteiger charge is 2.41. The number of hydrogen-bond acceptors (Lipinski definition) is 3. The van der Waals surface area contributed by atoms with Crippen LogP contribution in [0.25, 0.3) is 6.08 Å². The van der Waals surface area contributed by atoms with Crippen molar-refractivity contribution in [3.8, 4) is 0 Å². The lowest BCUT2D eigenvalue weighted by atomic mass is 9.86. The maximum Gasteiger partial charge on any atom is 0.193 e. The third-order valence-corrected chi connectivity index (χ3v) is 6.36. The summed E-state index contributed by atoms with van der Waals surface area (Å²) in [5, 5.41) is 3.80. The number of benzene rings is 2. The minimum Gasteiger partial charge on any atom is -0.374 e. The normalized spacial score (nSPS) is 27.8. The van der Waals surface area contributed by atoms with Crippen LogP contribution < -0.4 is 5.32 Å².